The van der Waals surface area contributed by atoms with E-state index in [4.69, 9.17) is 18.9 Å². The highest BCUT2D eigenvalue weighted by Gasteiger charge is 2.53. The number of non-ortho nitro benzene ring substituents is 1. The van der Waals surface area contributed by atoms with Gasteiger partial charge in [0, 0.05) is 64.8 Å². The summed E-state index contributed by atoms with van der Waals surface area (Å²) in [5.41, 5.74) is 0.301. The minimum atomic E-state index is -1.83. The van der Waals surface area contributed by atoms with Gasteiger partial charge in [-0.15, -0.1) is 0 Å². The maximum absolute atomic E-state index is 13.4. The van der Waals surface area contributed by atoms with Gasteiger partial charge in [-0.25, -0.2) is 4.79 Å². The van der Waals surface area contributed by atoms with Gasteiger partial charge in [-0.3, -0.25) is 10.1 Å². The van der Waals surface area contributed by atoms with Crippen LogP contribution in [0.25, 0.3) is 0 Å². The topological polar surface area (TPSA) is 279 Å². The van der Waals surface area contributed by atoms with Gasteiger partial charge in [0.05, 0.1) is 10.5 Å². The molecule has 0 aromatic heterocycles. The van der Waals surface area contributed by atoms with E-state index in [1.165, 1.54) is 36.4 Å². The molecule has 0 fully saturated rings. The number of fused-ring (bicyclic) bond motifs is 8. The van der Waals surface area contributed by atoms with Crippen molar-refractivity contribution in [2.24, 2.45) is 0 Å². The average Bonchev–Trinajstić information content (AvgIpc) is 3.13. The monoisotopic (exact) mass is 741 g/mol. The summed E-state index contributed by atoms with van der Waals surface area (Å²) in [6, 6.07) is 12.8. The fourth-order valence-corrected chi connectivity index (χ4v) is 7.14. The largest absolute Gasteiger partial charge is 0.507 e. The minimum absolute atomic E-state index is 0.0177. The van der Waals surface area contributed by atoms with Gasteiger partial charge in [0.1, 0.15) is 29.1 Å². The number of hydrogen-bond acceptors (Lipinski definition) is 16. The first-order chi connectivity index (χ1) is 25.6. The first kappa shape index (κ1) is 33.7. The van der Waals surface area contributed by atoms with E-state index in [2.05, 4.69) is 0 Å². The zero-order valence-corrected chi connectivity index (χ0v) is 27.3. The molecule has 0 spiro atoms. The third kappa shape index (κ3) is 5.20. The molecule has 4 atom stereocenters. The Labute approximate surface area is 302 Å². The number of carbonyl (C=O) groups excluding carboxylic acids is 1. The van der Waals surface area contributed by atoms with Crippen molar-refractivity contribution in [1.29, 1.82) is 0 Å². The van der Waals surface area contributed by atoms with Gasteiger partial charge in [0.25, 0.3) is 11.5 Å². The summed E-state index contributed by atoms with van der Waals surface area (Å²) in [5, 5.41) is 104. The summed E-state index contributed by atoms with van der Waals surface area (Å²) in [6.07, 6.45) is -2.96. The second kappa shape index (κ2) is 11.8. The molecular formula is C37H27NO16. The standard InChI is InChI=1S/C37H27NO16/c39-21-3-1-14(5-23(21)41)34-30(51-36(48)15-6-24(42)32(46)25(43)7-15)11-19-22(40)12-29-31(35(19)52-34)20-13-37(54-29,16-8-26(44)33(47)27(45)9-16)53-28-4-2-17(38(49)50)10-18(20)28/h1-10,12,20,30,34,39-47H,11,13H2/t20-,30-,34-,37-/m1/s1. The van der Waals surface area contributed by atoms with Crippen molar-refractivity contribution < 1.29 is 74.6 Å². The molecule has 17 nitrogen and oxygen atoms in total. The van der Waals surface area contributed by atoms with Crippen molar-refractivity contribution in [3.8, 4) is 69.0 Å². The molecule has 5 aromatic carbocycles. The number of nitro benzene ring substituents is 1. The van der Waals surface area contributed by atoms with Crippen LogP contribution in [0, 0.1) is 10.1 Å². The van der Waals surface area contributed by atoms with E-state index in [1.54, 1.807) is 0 Å². The SMILES string of the molecule is O=C(O[C@@H]1Cc2c(O)cc3c(c2O[C@@H]1c1ccc(O)c(O)c1)[C@@H]1C[C@@](c2cc(O)c(O)c(O)c2)(Oc2ccc([N+](=O)[O-])cc21)O3)c1cc(O)c(O)c(O)c1. The van der Waals surface area contributed by atoms with E-state index in [0.717, 1.165) is 30.3 Å². The highest BCUT2D eigenvalue weighted by molar-refractivity contribution is 5.91. The highest BCUT2D eigenvalue weighted by atomic mass is 16.7. The molecule has 3 heterocycles. The summed E-state index contributed by atoms with van der Waals surface area (Å²) < 4.78 is 25.1. The first-order valence-corrected chi connectivity index (χ1v) is 16.1. The number of nitro groups is 1. The average molecular weight is 742 g/mol. The zero-order chi connectivity index (χ0) is 38.4. The number of esters is 1. The number of phenols is 9. The van der Waals surface area contributed by atoms with Gasteiger partial charge in [-0.05, 0) is 42.5 Å². The quantitative estimate of drug-likeness (QED) is 0.0495. The number of carbonyl (C=O) groups is 1. The predicted molar refractivity (Wildman–Crippen MR) is 180 cm³/mol. The Balaban J connectivity index is 1.30. The van der Waals surface area contributed by atoms with Crippen molar-refractivity contribution in [3.05, 3.63) is 110 Å². The van der Waals surface area contributed by atoms with E-state index in [-0.39, 0.29) is 63.6 Å². The molecule has 54 heavy (non-hydrogen) atoms. The van der Waals surface area contributed by atoms with Gasteiger partial charge in [-0.1, -0.05) is 6.07 Å². The molecule has 0 saturated carbocycles. The van der Waals surface area contributed by atoms with Gasteiger partial charge in [0.2, 0.25) is 0 Å². The maximum atomic E-state index is 13.4. The van der Waals surface area contributed by atoms with Crippen LogP contribution in [0.4, 0.5) is 5.69 Å². The number of rotatable bonds is 5. The lowest BCUT2D eigenvalue weighted by Crippen LogP contribution is -2.47. The Kier molecular flexibility index (Phi) is 7.37. The molecular weight excluding hydrogens is 714 g/mol. The second-order valence-corrected chi connectivity index (χ2v) is 13.0. The van der Waals surface area contributed by atoms with Crippen LogP contribution in [-0.4, -0.2) is 63.0 Å². The fraction of sp³-hybridized carbons (Fsp3) is 0.162. The van der Waals surface area contributed by atoms with E-state index in [9.17, 15) is 60.9 Å². The van der Waals surface area contributed by atoms with Crippen molar-refractivity contribution in [2.45, 2.75) is 36.8 Å². The van der Waals surface area contributed by atoms with Crippen molar-refractivity contribution in [2.75, 3.05) is 0 Å². The number of aromatic hydroxyl groups is 9. The third-order valence-corrected chi connectivity index (χ3v) is 9.70. The molecule has 9 N–H and O–H groups in total. The molecule has 0 amide bonds. The molecule has 0 radical (unpaired) electrons. The summed E-state index contributed by atoms with van der Waals surface area (Å²) in [7, 11) is 0. The van der Waals surface area contributed by atoms with Crippen LogP contribution in [0.1, 0.15) is 56.6 Å². The number of hydrogen-bond donors (Lipinski definition) is 9. The van der Waals surface area contributed by atoms with E-state index >= 15 is 0 Å². The fourth-order valence-electron chi connectivity index (χ4n) is 7.14. The van der Waals surface area contributed by atoms with E-state index < -0.39 is 86.6 Å². The van der Waals surface area contributed by atoms with Crippen molar-refractivity contribution in [1.82, 2.24) is 0 Å². The Morgan fingerprint density at radius 3 is 2.04 bits per heavy atom. The van der Waals surface area contributed by atoms with E-state index in [0.29, 0.717) is 5.56 Å². The Morgan fingerprint density at radius 2 is 1.39 bits per heavy atom. The van der Waals surface area contributed by atoms with Crippen LogP contribution in [0.15, 0.2) is 66.7 Å². The number of ether oxygens (including phenoxy) is 4. The molecule has 5 aromatic rings. The first-order valence-electron chi connectivity index (χ1n) is 16.1. The Bertz CT molecular complexity index is 2400. The summed E-state index contributed by atoms with van der Waals surface area (Å²) in [5.74, 6) is -9.75. The van der Waals surface area contributed by atoms with Gasteiger partial charge >= 0.3 is 5.97 Å². The molecule has 0 aliphatic carbocycles. The van der Waals surface area contributed by atoms with Gasteiger partial charge < -0.3 is 64.9 Å². The molecule has 2 bridgehead atoms. The zero-order valence-electron chi connectivity index (χ0n) is 27.3. The smallest absolute Gasteiger partial charge is 0.338 e. The lowest BCUT2D eigenvalue weighted by Gasteiger charge is -2.47. The normalized spacial score (nSPS) is 20.6. The second-order valence-electron chi connectivity index (χ2n) is 13.0. The Hall–Kier alpha value is -7.43. The predicted octanol–water partition coefficient (Wildman–Crippen LogP) is 5.01. The lowest BCUT2D eigenvalue weighted by molar-refractivity contribution is -0.385. The molecule has 17 heteroatoms. The van der Waals surface area contributed by atoms with Crippen molar-refractivity contribution in [3.63, 3.8) is 0 Å². The molecule has 276 valence electrons. The number of nitrogens with zero attached hydrogens (tertiary/aromatic N) is 1. The molecule has 3 aliphatic rings. The third-order valence-electron chi connectivity index (χ3n) is 9.70. The molecule has 0 saturated heterocycles. The number of phenolic OH excluding ortho intramolecular Hbond substituents is 9. The highest BCUT2D eigenvalue weighted by Crippen LogP contribution is 2.61. The summed E-state index contributed by atoms with van der Waals surface area (Å²) >= 11 is 0. The van der Waals surface area contributed by atoms with Crippen LogP contribution < -0.4 is 14.2 Å². The van der Waals surface area contributed by atoms with Crippen LogP contribution in [-0.2, 0) is 16.9 Å². The maximum Gasteiger partial charge on any atom is 0.338 e. The van der Waals surface area contributed by atoms with Gasteiger partial charge in [0.15, 0.2) is 52.1 Å². The number of benzene rings is 5. The molecule has 8 rings (SSSR count). The summed E-state index contributed by atoms with van der Waals surface area (Å²) in [4.78, 5) is 24.7. The lowest BCUT2D eigenvalue weighted by atomic mass is 9.76. The minimum Gasteiger partial charge on any atom is -0.507 e. The van der Waals surface area contributed by atoms with Crippen molar-refractivity contribution >= 4 is 11.7 Å². The van der Waals surface area contributed by atoms with E-state index in [1.807, 2.05) is 0 Å². The van der Waals surface area contributed by atoms with Crippen LogP contribution >= 0.6 is 0 Å². The van der Waals surface area contributed by atoms with Gasteiger partial charge in [-0.2, -0.15) is 0 Å². The van der Waals surface area contributed by atoms with Crippen LogP contribution in [0.2, 0.25) is 0 Å². The Morgan fingerprint density at radius 1 is 0.741 bits per heavy atom. The molecule has 3 aliphatic heterocycles. The molecule has 0 unspecified atom stereocenters. The van der Waals surface area contributed by atoms with Crippen LogP contribution in [0.3, 0.4) is 0 Å². The van der Waals surface area contributed by atoms with Crippen LogP contribution in [0.5, 0.6) is 69.0 Å². The summed E-state index contributed by atoms with van der Waals surface area (Å²) in [6.45, 7) is 0.